The minimum Gasteiger partial charge on any atom is -0.507 e. The van der Waals surface area contributed by atoms with Crippen molar-refractivity contribution in [1.82, 2.24) is 20.4 Å². The van der Waals surface area contributed by atoms with Gasteiger partial charge in [0.1, 0.15) is 11.3 Å². The van der Waals surface area contributed by atoms with Gasteiger partial charge in [-0.05, 0) is 56.0 Å². The molecule has 0 saturated carbocycles. The third-order valence-corrected chi connectivity index (χ3v) is 6.78. The Bertz CT molecular complexity index is 1130. The van der Waals surface area contributed by atoms with Crippen LogP contribution in [0.5, 0.6) is 5.75 Å². The van der Waals surface area contributed by atoms with E-state index in [1.54, 1.807) is 32.3 Å². The Morgan fingerprint density at radius 2 is 1.84 bits per heavy atom. The summed E-state index contributed by atoms with van der Waals surface area (Å²) >= 11 is 0. The molecule has 3 aromatic rings. The number of rotatable bonds is 4. The predicted molar refractivity (Wildman–Crippen MR) is 123 cm³/mol. The summed E-state index contributed by atoms with van der Waals surface area (Å²) in [4.78, 5) is 15.9. The Morgan fingerprint density at radius 3 is 2.50 bits per heavy atom. The number of phenolic OH excluding ortho intramolecular Hbond substituents is 1. The van der Waals surface area contributed by atoms with Gasteiger partial charge in [0, 0.05) is 50.2 Å². The minimum absolute atomic E-state index is 0.0729. The quantitative estimate of drug-likeness (QED) is 0.648. The molecule has 2 aromatic heterocycles. The van der Waals surface area contributed by atoms with Crippen LogP contribution in [0.1, 0.15) is 42.7 Å². The number of piperidine rings is 2. The average molecular weight is 436 g/mol. The van der Waals surface area contributed by atoms with E-state index in [9.17, 15) is 9.90 Å². The standard InChI is InChI=1S/C24H29N5O3/c1-28(2)24(31)22-10-14-9-20(30)18(13-21(14)32-22)19-7-8-23(27-26-19)29(3)17-11-15-5-4-6-16(12-17)25-15/h7-10,13,15-17,25,30H,4-6,11-12H2,1-3H3. The monoisotopic (exact) mass is 435 g/mol. The minimum atomic E-state index is -0.225. The zero-order valence-electron chi connectivity index (χ0n) is 18.7. The molecule has 2 aliphatic rings. The van der Waals surface area contributed by atoms with Crippen molar-refractivity contribution in [1.29, 1.82) is 0 Å². The molecule has 0 spiro atoms. The van der Waals surface area contributed by atoms with Gasteiger partial charge in [-0.25, -0.2) is 0 Å². The van der Waals surface area contributed by atoms with E-state index in [0.29, 0.717) is 40.4 Å². The van der Waals surface area contributed by atoms with Crippen molar-refractivity contribution >= 4 is 22.7 Å². The van der Waals surface area contributed by atoms with Crippen LogP contribution in [0.4, 0.5) is 5.82 Å². The van der Waals surface area contributed by atoms with Gasteiger partial charge in [0.25, 0.3) is 5.91 Å². The highest BCUT2D eigenvalue weighted by atomic mass is 16.3. The lowest BCUT2D eigenvalue weighted by molar-refractivity contribution is 0.0799. The predicted octanol–water partition coefficient (Wildman–Crippen LogP) is 3.41. The highest BCUT2D eigenvalue weighted by Crippen LogP contribution is 2.35. The van der Waals surface area contributed by atoms with E-state index < -0.39 is 0 Å². The maximum atomic E-state index is 12.2. The lowest BCUT2D eigenvalue weighted by Crippen LogP contribution is -2.54. The number of aromatic nitrogens is 2. The first kappa shape index (κ1) is 20.8. The molecule has 4 heterocycles. The molecule has 5 rings (SSSR count). The van der Waals surface area contributed by atoms with Crippen molar-refractivity contribution < 1.29 is 14.3 Å². The highest BCUT2D eigenvalue weighted by molar-refractivity contribution is 5.97. The zero-order chi connectivity index (χ0) is 22.4. The number of amides is 1. The molecule has 1 amide bonds. The van der Waals surface area contributed by atoms with Crippen LogP contribution in [0.15, 0.2) is 34.7 Å². The van der Waals surface area contributed by atoms with E-state index >= 15 is 0 Å². The van der Waals surface area contributed by atoms with Gasteiger partial charge < -0.3 is 24.6 Å². The molecule has 2 saturated heterocycles. The molecule has 2 N–H and O–H groups in total. The third kappa shape index (κ3) is 3.79. The molecule has 2 aliphatic heterocycles. The normalized spacial score (nSPS) is 22.7. The number of anilines is 1. The molecule has 2 atom stereocenters. The van der Waals surface area contributed by atoms with E-state index in [2.05, 4.69) is 27.5 Å². The van der Waals surface area contributed by atoms with Gasteiger partial charge in [-0.15, -0.1) is 10.2 Å². The first-order valence-electron chi connectivity index (χ1n) is 11.2. The van der Waals surface area contributed by atoms with E-state index in [-0.39, 0.29) is 17.4 Å². The number of hydrogen-bond donors (Lipinski definition) is 2. The van der Waals surface area contributed by atoms with Gasteiger partial charge in [-0.3, -0.25) is 4.79 Å². The Labute approximate surface area is 187 Å². The summed E-state index contributed by atoms with van der Waals surface area (Å²) in [5.41, 5.74) is 1.60. The summed E-state index contributed by atoms with van der Waals surface area (Å²) in [5.74, 6) is 0.910. The van der Waals surface area contributed by atoms with Crippen molar-refractivity contribution in [2.24, 2.45) is 0 Å². The summed E-state index contributed by atoms with van der Waals surface area (Å²) in [5, 5.41) is 23.8. The number of aromatic hydroxyl groups is 1. The molecular formula is C24H29N5O3. The van der Waals surface area contributed by atoms with Crippen LogP contribution >= 0.6 is 0 Å². The Balaban J connectivity index is 1.38. The van der Waals surface area contributed by atoms with Crippen molar-refractivity contribution in [2.45, 2.75) is 50.2 Å². The smallest absolute Gasteiger partial charge is 0.289 e. The van der Waals surface area contributed by atoms with Crippen LogP contribution in [-0.2, 0) is 0 Å². The van der Waals surface area contributed by atoms with Crippen molar-refractivity contribution in [3.8, 4) is 17.0 Å². The Hall–Kier alpha value is -3.13. The average Bonchev–Trinajstić information content (AvgIpc) is 3.20. The largest absolute Gasteiger partial charge is 0.507 e. The fraction of sp³-hybridized carbons (Fsp3) is 0.458. The van der Waals surface area contributed by atoms with Crippen molar-refractivity contribution in [3.63, 3.8) is 0 Å². The maximum Gasteiger partial charge on any atom is 0.289 e. The molecule has 2 fully saturated rings. The van der Waals surface area contributed by atoms with E-state index in [1.807, 2.05) is 12.1 Å². The number of carbonyl (C=O) groups is 1. The molecule has 8 nitrogen and oxygen atoms in total. The SMILES string of the molecule is CN(C)C(=O)c1cc2cc(O)c(-c3ccc(N(C)C4CC5CCCC(C4)N5)nn3)cc2o1. The summed E-state index contributed by atoms with van der Waals surface area (Å²) in [6.45, 7) is 0. The summed E-state index contributed by atoms with van der Waals surface area (Å²) in [6.07, 6.45) is 6.08. The third-order valence-electron chi connectivity index (χ3n) is 6.78. The van der Waals surface area contributed by atoms with Crippen LogP contribution in [0.3, 0.4) is 0 Å². The molecule has 1 aromatic carbocycles. The molecular weight excluding hydrogens is 406 g/mol. The number of carbonyl (C=O) groups excluding carboxylic acids is 1. The number of fused-ring (bicyclic) bond motifs is 3. The lowest BCUT2D eigenvalue weighted by atomic mass is 9.83. The molecule has 0 aliphatic carbocycles. The van der Waals surface area contributed by atoms with Crippen molar-refractivity contribution in [2.75, 3.05) is 26.0 Å². The second-order valence-electron chi connectivity index (χ2n) is 9.22. The maximum absolute atomic E-state index is 12.2. The van der Waals surface area contributed by atoms with Gasteiger partial charge >= 0.3 is 0 Å². The van der Waals surface area contributed by atoms with Crippen LogP contribution < -0.4 is 10.2 Å². The molecule has 8 heteroatoms. The fourth-order valence-electron chi connectivity index (χ4n) is 5.00. The van der Waals surface area contributed by atoms with E-state index in [1.165, 1.54) is 24.2 Å². The van der Waals surface area contributed by atoms with Crippen LogP contribution in [0, 0.1) is 0 Å². The Morgan fingerprint density at radius 1 is 1.09 bits per heavy atom. The summed E-state index contributed by atoms with van der Waals surface area (Å²) in [6, 6.07) is 10.4. The zero-order valence-corrected chi connectivity index (χ0v) is 18.7. The number of hydrogen-bond acceptors (Lipinski definition) is 7. The van der Waals surface area contributed by atoms with Gasteiger partial charge in [0.15, 0.2) is 11.6 Å². The van der Waals surface area contributed by atoms with Crippen LogP contribution in [0.2, 0.25) is 0 Å². The number of benzene rings is 1. The number of nitrogens with zero attached hydrogens (tertiary/aromatic N) is 4. The van der Waals surface area contributed by atoms with Gasteiger partial charge in [0.2, 0.25) is 0 Å². The van der Waals surface area contributed by atoms with Gasteiger partial charge in [-0.2, -0.15) is 0 Å². The molecule has 32 heavy (non-hydrogen) atoms. The highest BCUT2D eigenvalue weighted by Gasteiger charge is 2.33. The van der Waals surface area contributed by atoms with Crippen LogP contribution in [0.25, 0.3) is 22.2 Å². The Kier molecular flexibility index (Phi) is 5.25. The summed E-state index contributed by atoms with van der Waals surface area (Å²) < 4.78 is 5.72. The molecule has 2 unspecified atom stereocenters. The molecule has 0 radical (unpaired) electrons. The first-order valence-corrected chi connectivity index (χ1v) is 11.2. The fourth-order valence-corrected chi connectivity index (χ4v) is 5.00. The van der Waals surface area contributed by atoms with Gasteiger partial charge in [0.05, 0.1) is 5.69 Å². The topological polar surface area (TPSA) is 94.7 Å². The van der Waals surface area contributed by atoms with Crippen molar-refractivity contribution in [3.05, 3.63) is 36.1 Å². The second-order valence-corrected chi connectivity index (χ2v) is 9.22. The number of phenols is 1. The molecule has 2 bridgehead atoms. The first-order chi connectivity index (χ1) is 15.4. The van der Waals surface area contributed by atoms with E-state index in [0.717, 1.165) is 18.7 Å². The number of nitrogens with one attached hydrogen (secondary N) is 1. The lowest BCUT2D eigenvalue weighted by Gasteiger charge is -2.43. The second kappa shape index (κ2) is 8.09. The van der Waals surface area contributed by atoms with E-state index in [4.69, 9.17) is 4.42 Å². The van der Waals surface area contributed by atoms with Crippen LogP contribution in [-0.4, -0.2) is 65.4 Å². The number of furan rings is 1. The summed E-state index contributed by atoms with van der Waals surface area (Å²) in [7, 11) is 5.43. The van der Waals surface area contributed by atoms with Gasteiger partial charge in [-0.1, -0.05) is 6.42 Å². The molecule has 168 valence electrons.